The Morgan fingerprint density at radius 2 is 2.00 bits per heavy atom. The van der Waals surface area contributed by atoms with Crippen LogP contribution in [0.25, 0.3) is 0 Å². The standard InChI is InChI=1S/C19H18F3N3O2/c20-19(21,22)17-11-14(5-7-23-17)24-9-10-27-16(12-24)18(26)25-8-6-13-3-1-2-4-15(13)25/h1-5,7,11,16H,6,8-10,12H2. The topological polar surface area (TPSA) is 45.7 Å². The number of carbonyl (C=O) groups excluding carboxylic acids is 1. The highest BCUT2D eigenvalue weighted by atomic mass is 19.4. The van der Waals surface area contributed by atoms with Gasteiger partial charge in [-0.25, -0.2) is 0 Å². The molecule has 1 aromatic heterocycles. The summed E-state index contributed by atoms with van der Waals surface area (Å²) in [7, 11) is 0. The second-order valence-corrected chi connectivity index (χ2v) is 6.57. The van der Waals surface area contributed by atoms with E-state index >= 15 is 0 Å². The van der Waals surface area contributed by atoms with E-state index in [4.69, 9.17) is 4.74 Å². The molecule has 0 radical (unpaired) electrons. The van der Waals surface area contributed by atoms with Crippen molar-refractivity contribution >= 4 is 17.3 Å². The second-order valence-electron chi connectivity index (χ2n) is 6.57. The molecule has 1 saturated heterocycles. The van der Waals surface area contributed by atoms with Gasteiger partial charge in [-0.2, -0.15) is 13.2 Å². The molecule has 0 N–H and O–H groups in total. The van der Waals surface area contributed by atoms with E-state index in [1.807, 2.05) is 24.3 Å². The van der Waals surface area contributed by atoms with Crippen molar-refractivity contribution in [3.8, 4) is 0 Å². The zero-order valence-electron chi connectivity index (χ0n) is 14.4. The zero-order chi connectivity index (χ0) is 19.0. The van der Waals surface area contributed by atoms with E-state index in [0.717, 1.165) is 29.9 Å². The van der Waals surface area contributed by atoms with Crippen LogP contribution in [0.5, 0.6) is 0 Å². The number of pyridine rings is 1. The molecule has 1 atom stereocenters. The largest absolute Gasteiger partial charge is 0.433 e. The van der Waals surface area contributed by atoms with E-state index in [1.165, 1.54) is 6.07 Å². The van der Waals surface area contributed by atoms with Crippen molar-refractivity contribution in [1.29, 1.82) is 0 Å². The van der Waals surface area contributed by atoms with Crippen molar-refractivity contribution in [2.75, 3.05) is 36.0 Å². The summed E-state index contributed by atoms with van der Waals surface area (Å²) in [6, 6.07) is 10.2. The number of hydrogen-bond donors (Lipinski definition) is 0. The van der Waals surface area contributed by atoms with Gasteiger partial charge in [0.15, 0.2) is 6.10 Å². The summed E-state index contributed by atoms with van der Waals surface area (Å²) in [6.07, 6.45) is -3.29. The SMILES string of the molecule is O=C(C1CN(c2ccnc(C(F)(F)F)c2)CCO1)N1CCc2ccccc21. The Labute approximate surface area is 154 Å². The lowest BCUT2D eigenvalue weighted by atomic mass is 10.1. The predicted octanol–water partition coefficient (Wildman–Crippen LogP) is 2.89. The van der Waals surface area contributed by atoms with Crippen LogP contribution < -0.4 is 9.80 Å². The van der Waals surface area contributed by atoms with Gasteiger partial charge in [0.1, 0.15) is 5.69 Å². The third kappa shape index (κ3) is 3.49. The van der Waals surface area contributed by atoms with Gasteiger partial charge in [0.05, 0.1) is 13.2 Å². The summed E-state index contributed by atoms with van der Waals surface area (Å²) < 4.78 is 44.4. The fourth-order valence-corrected chi connectivity index (χ4v) is 3.55. The summed E-state index contributed by atoms with van der Waals surface area (Å²) in [5.41, 5.74) is 1.44. The van der Waals surface area contributed by atoms with E-state index in [9.17, 15) is 18.0 Å². The maximum absolute atomic E-state index is 12.9. The minimum atomic E-state index is -4.50. The summed E-state index contributed by atoms with van der Waals surface area (Å²) in [4.78, 5) is 19.8. The van der Waals surface area contributed by atoms with Crippen molar-refractivity contribution < 1.29 is 22.7 Å². The van der Waals surface area contributed by atoms with Crippen molar-refractivity contribution in [3.63, 3.8) is 0 Å². The Morgan fingerprint density at radius 1 is 1.19 bits per heavy atom. The molecule has 0 saturated carbocycles. The Balaban J connectivity index is 1.51. The van der Waals surface area contributed by atoms with E-state index in [-0.39, 0.29) is 19.1 Å². The first-order valence-electron chi connectivity index (χ1n) is 8.72. The number of fused-ring (bicyclic) bond motifs is 1. The van der Waals surface area contributed by atoms with Crippen LogP contribution in [0.4, 0.5) is 24.5 Å². The van der Waals surface area contributed by atoms with Gasteiger partial charge in [-0.15, -0.1) is 0 Å². The van der Waals surface area contributed by atoms with E-state index in [0.29, 0.717) is 18.8 Å². The average molecular weight is 377 g/mol. The predicted molar refractivity (Wildman–Crippen MR) is 93.7 cm³/mol. The van der Waals surface area contributed by atoms with Gasteiger partial charge in [0, 0.05) is 30.7 Å². The molecule has 0 spiro atoms. The van der Waals surface area contributed by atoms with Crippen LogP contribution in [0, 0.1) is 0 Å². The van der Waals surface area contributed by atoms with Gasteiger partial charge in [-0.05, 0) is 30.2 Å². The van der Waals surface area contributed by atoms with Crippen LogP contribution in [0.2, 0.25) is 0 Å². The minimum absolute atomic E-state index is 0.158. The molecule has 1 unspecified atom stereocenters. The molecule has 2 aromatic rings. The molecule has 1 fully saturated rings. The number of alkyl halides is 3. The Bertz CT molecular complexity index is 856. The lowest BCUT2D eigenvalue weighted by molar-refractivity contribution is -0.141. The summed E-state index contributed by atoms with van der Waals surface area (Å²) in [6.45, 7) is 1.49. The van der Waals surface area contributed by atoms with Gasteiger partial charge in [-0.3, -0.25) is 9.78 Å². The Kier molecular flexibility index (Phi) is 4.51. The van der Waals surface area contributed by atoms with Crippen molar-refractivity contribution in [2.45, 2.75) is 18.7 Å². The molecular formula is C19H18F3N3O2. The number of aromatic nitrogens is 1. The first kappa shape index (κ1) is 17.8. The molecule has 1 aromatic carbocycles. The van der Waals surface area contributed by atoms with Gasteiger partial charge >= 0.3 is 6.18 Å². The lowest BCUT2D eigenvalue weighted by Gasteiger charge is -2.35. The molecule has 2 aliphatic rings. The highest BCUT2D eigenvalue weighted by Crippen LogP contribution is 2.31. The number of para-hydroxylation sites is 1. The van der Waals surface area contributed by atoms with Crippen LogP contribution in [0.15, 0.2) is 42.6 Å². The van der Waals surface area contributed by atoms with E-state index < -0.39 is 18.0 Å². The molecule has 142 valence electrons. The van der Waals surface area contributed by atoms with Crippen molar-refractivity contribution in [1.82, 2.24) is 4.98 Å². The fraction of sp³-hybridized carbons (Fsp3) is 0.368. The molecule has 3 heterocycles. The molecule has 4 rings (SSSR count). The van der Waals surface area contributed by atoms with E-state index in [2.05, 4.69) is 4.98 Å². The maximum atomic E-state index is 12.9. The number of anilines is 2. The molecule has 0 bridgehead atoms. The zero-order valence-corrected chi connectivity index (χ0v) is 14.4. The van der Waals surface area contributed by atoms with Gasteiger partial charge in [0.2, 0.25) is 0 Å². The number of ether oxygens (including phenoxy) is 1. The highest BCUT2D eigenvalue weighted by Gasteiger charge is 2.36. The number of halogens is 3. The molecule has 0 aliphatic carbocycles. The third-order valence-corrected chi connectivity index (χ3v) is 4.89. The number of morpholine rings is 1. The highest BCUT2D eigenvalue weighted by molar-refractivity contribution is 5.98. The smallest absolute Gasteiger partial charge is 0.366 e. The monoisotopic (exact) mass is 377 g/mol. The van der Waals surface area contributed by atoms with E-state index in [1.54, 1.807) is 9.80 Å². The Hall–Kier alpha value is -2.61. The van der Waals surface area contributed by atoms with Crippen LogP contribution in [0.1, 0.15) is 11.3 Å². The average Bonchev–Trinajstić information content (AvgIpc) is 3.11. The molecular weight excluding hydrogens is 359 g/mol. The minimum Gasteiger partial charge on any atom is -0.366 e. The number of amides is 1. The molecule has 27 heavy (non-hydrogen) atoms. The maximum Gasteiger partial charge on any atom is 0.433 e. The summed E-state index contributed by atoms with van der Waals surface area (Å²) >= 11 is 0. The second kappa shape index (κ2) is 6.84. The molecule has 2 aliphatic heterocycles. The number of nitrogens with zero attached hydrogens (tertiary/aromatic N) is 3. The molecule has 5 nitrogen and oxygen atoms in total. The molecule has 8 heteroatoms. The van der Waals surface area contributed by atoms with Gasteiger partial charge in [-0.1, -0.05) is 18.2 Å². The van der Waals surface area contributed by atoms with Crippen molar-refractivity contribution in [3.05, 3.63) is 53.9 Å². The van der Waals surface area contributed by atoms with Crippen LogP contribution in [-0.2, 0) is 22.1 Å². The number of carbonyl (C=O) groups is 1. The number of benzene rings is 1. The molecule has 1 amide bonds. The quantitative estimate of drug-likeness (QED) is 0.808. The number of hydrogen-bond acceptors (Lipinski definition) is 4. The fourth-order valence-electron chi connectivity index (χ4n) is 3.55. The summed E-state index contributed by atoms with van der Waals surface area (Å²) in [5.74, 6) is -0.158. The third-order valence-electron chi connectivity index (χ3n) is 4.89. The van der Waals surface area contributed by atoms with Crippen LogP contribution in [0.3, 0.4) is 0 Å². The number of rotatable bonds is 2. The summed E-state index contributed by atoms with van der Waals surface area (Å²) in [5, 5.41) is 0. The van der Waals surface area contributed by atoms with Crippen LogP contribution >= 0.6 is 0 Å². The lowest BCUT2D eigenvalue weighted by Crippen LogP contribution is -2.51. The first-order chi connectivity index (χ1) is 12.9. The normalized spacial score (nSPS) is 19.9. The van der Waals surface area contributed by atoms with Crippen LogP contribution in [-0.4, -0.2) is 43.2 Å². The van der Waals surface area contributed by atoms with Gasteiger partial charge < -0.3 is 14.5 Å². The first-order valence-corrected chi connectivity index (χ1v) is 8.72. The van der Waals surface area contributed by atoms with Gasteiger partial charge in [0.25, 0.3) is 5.91 Å². The Morgan fingerprint density at radius 3 is 2.81 bits per heavy atom. The van der Waals surface area contributed by atoms with Crippen molar-refractivity contribution in [2.24, 2.45) is 0 Å².